The van der Waals surface area contributed by atoms with Crippen LogP contribution in [0.1, 0.15) is 49.7 Å². The summed E-state index contributed by atoms with van der Waals surface area (Å²) in [4.78, 5) is 17.1. The molecule has 1 aliphatic heterocycles. The Bertz CT molecular complexity index is 705. The van der Waals surface area contributed by atoms with Crippen LogP contribution in [-0.2, 0) is 32.0 Å². The zero-order valence-corrected chi connectivity index (χ0v) is 19.8. The Labute approximate surface area is 193 Å². The highest BCUT2D eigenvalue weighted by Crippen LogP contribution is 2.38. The van der Waals surface area contributed by atoms with E-state index in [1.165, 1.54) is 43.5 Å². The Hall–Kier alpha value is -1.47. The van der Waals surface area contributed by atoms with Crippen molar-refractivity contribution >= 4 is 5.91 Å². The summed E-state index contributed by atoms with van der Waals surface area (Å²) >= 11 is 0. The van der Waals surface area contributed by atoms with Crippen LogP contribution < -0.4 is 0 Å². The van der Waals surface area contributed by atoms with E-state index in [0.29, 0.717) is 32.2 Å². The van der Waals surface area contributed by atoms with Crippen LogP contribution in [-0.4, -0.2) is 75.1 Å². The molecule has 2 saturated carbocycles. The quantitative estimate of drug-likeness (QED) is 0.344. The first kappa shape index (κ1) is 23.7. The third kappa shape index (κ3) is 6.53. The normalized spacial score (nSPS) is 23.1. The second-order valence-electron chi connectivity index (χ2n) is 9.75. The van der Waals surface area contributed by atoms with Crippen LogP contribution in [0.25, 0.3) is 0 Å². The zero-order valence-electron chi connectivity index (χ0n) is 19.8. The topological polar surface area (TPSA) is 51.2 Å². The number of hydrogen-bond acceptors (Lipinski definition) is 5. The van der Waals surface area contributed by atoms with E-state index in [4.69, 9.17) is 14.2 Å². The third-order valence-corrected chi connectivity index (χ3v) is 7.41. The number of likely N-dealkylation sites (tertiary alicyclic amines) is 1. The van der Waals surface area contributed by atoms with Crippen molar-refractivity contribution in [2.45, 2.75) is 63.8 Å². The minimum atomic E-state index is -0.367. The summed E-state index contributed by atoms with van der Waals surface area (Å²) in [5.74, 6) is 2.04. The molecule has 0 aromatic heterocycles. The van der Waals surface area contributed by atoms with Crippen molar-refractivity contribution in [3.05, 3.63) is 35.4 Å². The maximum atomic E-state index is 12.6. The summed E-state index contributed by atoms with van der Waals surface area (Å²) in [7, 11) is 3.22. The molecular formula is C26H40N2O4. The minimum absolute atomic E-state index is 0.127. The summed E-state index contributed by atoms with van der Waals surface area (Å²) in [6, 6.07) is 9.33. The predicted octanol–water partition coefficient (Wildman–Crippen LogP) is 3.48. The van der Waals surface area contributed by atoms with Crippen molar-refractivity contribution in [3.63, 3.8) is 0 Å². The molecule has 0 radical (unpaired) electrons. The van der Waals surface area contributed by atoms with Gasteiger partial charge in [-0.2, -0.15) is 0 Å². The zero-order chi connectivity index (χ0) is 22.3. The van der Waals surface area contributed by atoms with Gasteiger partial charge in [-0.15, -0.1) is 0 Å². The van der Waals surface area contributed by atoms with E-state index in [2.05, 4.69) is 29.2 Å². The number of nitrogens with zero attached hydrogens (tertiary/aromatic N) is 2. The molecule has 4 rings (SSSR count). The van der Waals surface area contributed by atoms with E-state index < -0.39 is 0 Å². The van der Waals surface area contributed by atoms with Crippen LogP contribution in [0.3, 0.4) is 0 Å². The van der Waals surface area contributed by atoms with Gasteiger partial charge in [0.2, 0.25) is 5.91 Å². The van der Waals surface area contributed by atoms with Gasteiger partial charge in [0.05, 0.1) is 26.2 Å². The van der Waals surface area contributed by atoms with Crippen molar-refractivity contribution in [3.8, 4) is 0 Å². The van der Waals surface area contributed by atoms with Gasteiger partial charge in [-0.05, 0) is 55.1 Å². The first-order valence-electron chi connectivity index (χ1n) is 12.4. The lowest BCUT2D eigenvalue weighted by Gasteiger charge is -2.26. The number of amides is 1. The average Bonchev–Trinajstić information content (AvgIpc) is 3.43. The summed E-state index contributed by atoms with van der Waals surface area (Å²) in [6.07, 6.45) is 7.38. The molecule has 0 bridgehead atoms. The van der Waals surface area contributed by atoms with Crippen LogP contribution in [0.2, 0.25) is 0 Å². The van der Waals surface area contributed by atoms with E-state index >= 15 is 0 Å². The second-order valence-corrected chi connectivity index (χ2v) is 9.75. The maximum absolute atomic E-state index is 12.6. The maximum Gasteiger partial charge on any atom is 0.225 e. The molecule has 1 amide bonds. The molecule has 3 aliphatic rings. The molecule has 0 N–H and O–H groups in total. The fourth-order valence-electron chi connectivity index (χ4n) is 5.37. The first-order chi connectivity index (χ1) is 15.7. The van der Waals surface area contributed by atoms with Crippen molar-refractivity contribution < 1.29 is 19.0 Å². The lowest BCUT2D eigenvalue weighted by Crippen LogP contribution is -2.40. The molecule has 178 valence electrons. The van der Waals surface area contributed by atoms with Crippen LogP contribution in [0.4, 0.5) is 0 Å². The summed E-state index contributed by atoms with van der Waals surface area (Å²) in [6.45, 7) is 5.24. The van der Waals surface area contributed by atoms with Crippen molar-refractivity contribution in [2.75, 3.05) is 47.1 Å². The van der Waals surface area contributed by atoms with Gasteiger partial charge in [0, 0.05) is 39.9 Å². The molecule has 32 heavy (non-hydrogen) atoms. The molecule has 6 heteroatoms. The van der Waals surface area contributed by atoms with Crippen LogP contribution in [0, 0.1) is 11.8 Å². The van der Waals surface area contributed by atoms with E-state index in [9.17, 15) is 4.79 Å². The van der Waals surface area contributed by atoms with Crippen LogP contribution in [0.15, 0.2) is 24.3 Å². The standard InChI is InChI=1S/C26H40N2O4/c1-30-26(31-2)19-28(24-10-11-24)25(29)13-15-32-14-12-20-6-8-21(9-7-20)16-27-17-22-4-3-5-23(22)18-27/h6-9,22-24,26H,3-5,10-19H2,1-2H3/t22-,23?/m1/s1. The van der Waals surface area contributed by atoms with Gasteiger partial charge in [-0.1, -0.05) is 30.7 Å². The van der Waals surface area contributed by atoms with Crippen LogP contribution in [0.5, 0.6) is 0 Å². The van der Waals surface area contributed by atoms with Crippen molar-refractivity contribution in [1.82, 2.24) is 9.80 Å². The van der Waals surface area contributed by atoms with Gasteiger partial charge < -0.3 is 19.1 Å². The first-order valence-corrected chi connectivity index (χ1v) is 12.4. The molecule has 1 saturated heterocycles. The van der Waals surface area contributed by atoms with Gasteiger partial charge in [-0.3, -0.25) is 9.69 Å². The number of ether oxygens (including phenoxy) is 3. The average molecular weight is 445 g/mol. The van der Waals surface area contributed by atoms with E-state index in [1.807, 2.05) is 4.90 Å². The summed E-state index contributed by atoms with van der Waals surface area (Å²) < 4.78 is 16.3. The number of fused-ring (bicyclic) bond motifs is 1. The van der Waals surface area contributed by atoms with E-state index in [-0.39, 0.29) is 12.2 Å². The van der Waals surface area contributed by atoms with Gasteiger partial charge in [-0.25, -0.2) is 0 Å². The lowest BCUT2D eigenvalue weighted by atomic mass is 10.0. The highest BCUT2D eigenvalue weighted by Gasteiger charge is 2.36. The van der Waals surface area contributed by atoms with Crippen molar-refractivity contribution in [1.29, 1.82) is 0 Å². The second kappa shape index (κ2) is 11.6. The minimum Gasteiger partial charge on any atom is -0.381 e. The Kier molecular flexibility index (Phi) is 8.58. The molecule has 2 atom stereocenters. The molecule has 6 nitrogen and oxygen atoms in total. The fraction of sp³-hybridized carbons (Fsp3) is 0.731. The number of rotatable bonds is 13. The monoisotopic (exact) mass is 444 g/mol. The number of benzene rings is 1. The molecule has 1 heterocycles. The molecule has 1 aromatic rings. The highest BCUT2D eigenvalue weighted by atomic mass is 16.7. The van der Waals surface area contributed by atoms with E-state index in [0.717, 1.165) is 37.6 Å². The molecule has 0 spiro atoms. The predicted molar refractivity (Wildman–Crippen MR) is 124 cm³/mol. The number of carbonyl (C=O) groups excluding carboxylic acids is 1. The van der Waals surface area contributed by atoms with Gasteiger partial charge in [0.1, 0.15) is 0 Å². The highest BCUT2D eigenvalue weighted by molar-refractivity contribution is 5.77. The molecule has 3 fully saturated rings. The third-order valence-electron chi connectivity index (χ3n) is 7.41. The van der Waals surface area contributed by atoms with E-state index in [1.54, 1.807) is 14.2 Å². The van der Waals surface area contributed by atoms with Gasteiger partial charge in [0.25, 0.3) is 0 Å². The number of methoxy groups -OCH3 is 2. The fourth-order valence-corrected chi connectivity index (χ4v) is 5.37. The van der Waals surface area contributed by atoms with Gasteiger partial charge >= 0.3 is 0 Å². The molecule has 1 unspecified atom stereocenters. The summed E-state index contributed by atoms with van der Waals surface area (Å²) in [5, 5.41) is 0. The Morgan fingerprint density at radius 3 is 2.28 bits per heavy atom. The Balaban J connectivity index is 1.12. The Morgan fingerprint density at radius 2 is 1.66 bits per heavy atom. The summed E-state index contributed by atoms with van der Waals surface area (Å²) in [5.41, 5.74) is 2.70. The lowest BCUT2D eigenvalue weighted by molar-refractivity contribution is -0.147. The van der Waals surface area contributed by atoms with Crippen LogP contribution >= 0.6 is 0 Å². The molecular weight excluding hydrogens is 404 g/mol. The number of carbonyl (C=O) groups is 1. The van der Waals surface area contributed by atoms with Gasteiger partial charge in [0.15, 0.2) is 6.29 Å². The van der Waals surface area contributed by atoms with Crippen molar-refractivity contribution in [2.24, 2.45) is 11.8 Å². The molecule has 2 aliphatic carbocycles. The smallest absolute Gasteiger partial charge is 0.225 e. The Morgan fingerprint density at radius 1 is 1.00 bits per heavy atom. The largest absolute Gasteiger partial charge is 0.381 e. The SMILES string of the molecule is COC(CN(C(=O)CCOCCc1ccc(CN2CC3CCC[C@@H]3C2)cc1)C1CC1)OC. The number of hydrogen-bond donors (Lipinski definition) is 0. The molecule has 1 aromatic carbocycles.